The van der Waals surface area contributed by atoms with Crippen LogP contribution in [0, 0.1) is 5.92 Å². The molecule has 0 bridgehead atoms. The molecule has 1 saturated heterocycles. The molecule has 1 aromatic carbocycles. The highest BCUT2D eigenvalue weighted by Crippen LogP contribution is 2.21. The number of hydrogen-bond donors (Lipinski definition) is 2. The van der Waals surface area contributed by atoms with E-state index in [-0.39, 0.29) is 36.8 Å². The minimum Gasteiger partial charge on any atom is -0.346 e. The standard InChI is InChI=1S/C18H26N4O.2ClH/c1-3-22-16-7-5-4-6-15(16)21-18(22)13(2)20-17(23)9-8-14-10-11-19-12-14;;/h4-7,13-14,19H,3,8-12H2,1-2H3,(H,20,23);2*1H. The normalized spacial score (nSPS) is 17.6. The van der Waals surface area contributed by atoms with Crippen molar-refractivity contribution in [2.45, 2.75) is 45.7 Å². The molecule has 5 nitrogen and oxygen atoms in total. The van der Waals surface area contributed by atoms with Crippen molar-refractivity contribution in [2.24, 2.45) is 5.92 Å². The lowest BCUT2D eigenvalue weighted by Crippen LogP contribution is -2.29. The van der Waals surface area contributed by atoms with Gasteiger partial charge in [0.15, 0.2) is 0 Å². The van der Waals surface area contributed by atoms with E-state index < -0.39 is 0 Å². The van der Waals surface area contributed by atoms with Crippen molar-refractivity contribution in [1.82, 2.24) is 20.2 Å². The van der Waals surface area contributed by atoms with Gasteiger partial charge >= 0.3 is 0 Å². The van der Waals surface area contributed by atoms with E-state index in [1.54, 1.807) is 0 Å². The molecule has 0 saturated carbocycles. The number of imidazole rings is 1. The third kappa shape index (κ3) is 5.09. The molecule has 0 aliphatic carbocycles. The van der Waals surface area contributed by atoms with E-state index in [4.69, 9.17) is 4.98 Å². The number of aryl methyl sites for hydroxylation is 1. The van der Waals surface area contributed by atoms with Crippen LogP contribution in [-0.4, -0.2) is 28.5 Å². The van der Waals surface area contributed by atoms with Crippen LogP contribution < -0.4 is 10.6 Å². The lowest BCUT2D eigenvalue weighted by molar-refractivity contribution is -0.122. The number of nitrogens with one attached hydrogen (secondary N) is 2. The summed E-state index contributed by atoms with van der Waals surface area (Å²) in [7, 11) is 0. The summed E-state index contributed by atoms with van der Waals surface area (Å²) >= 11 is 0. The number of benzene rings is 1. The summed E-state index contributed by atoms with van der Waals surface area (Å²) in [6, 6.07) is 8.05. The maximum absolute atomic E-state index is 12.2. The average molecular weight is 387 g/mol. The van der Waals surface area contributed by atoms with Crippen molar-refractivity contribution in [2.75, 3.05) is 13.1 Å². The number of rotatable bonds is 6. The molecule has 0 spiro atoms. The Bertz CT molecular complexity index is 683. The van der Waals surface area contributed by atoms with E-state index in [0.717, 1.165) is 42.9 Å². The maximum atomic E-state index is 12.2. The number of fused-ring (bicyclic) bond motifs is 1. The van der Waals surface area contributed by atoms with Crippen molar-refractivity contribution in [3.8, 4) is 0 Å². The minimum atomic E-state index is -0.0726. The Hall–Kier alpha value is -1.30. The van der Waals surface area contributed by atoms with Crippen LogP contribution in [0.4, 0.5) is 0 Å². The Morgan fingerprint density at radius 2 is 2.16 bits per heavy atom. The summed E-state index contributed by atoms with van der Waals surface area (Å²) in [6.07, 6.45) is 2.76. The number of carbonyl (C=O) groups is 1. The van der Waals surface area contributed by atoms with Crippen LogP contribution in [0.1, 0.15) is 45.0 Å². The summed E-state index contributed by atoms with van der Waals surface area (Å²) in [6.45, 7) is 7.11. The van der Waals surface area contributed by atoms with Crippen LogP contribution in [0.15, 0.2) is 24.3 Å². The SMILES string of the molecule is CCn1c(C(C)NC(=O)CCC2CCNC2)nc2ccccc21.Cl.Cl. The maximum Gasteiger partial charge on any atom is 0.220 e. The van der Waals surface area contributed by atoms with Crippen LogP contribution >= 0.6 is 24.8 Å². The van der Waals surface area contributed by atoms with E-state index in [2.05, 4.69) is 28.2 Å². The van der Waals surface area contributed by atoms with E-state index in [1.165, 1.54) is 6.42 Å². The van der Waals surface area contributed by atoms with Crippen LogP contribution in [0.2, 0.25) is 0 Å². The number of para-hydroxylation sites is 2. The predicted octanol–water partition coefficient (Wildman–Crippen LogP) is 3.47. The third-order valence-corrected chi connectivity index (χ3v) is 4.71. The second-order valence-electron chi connectivity index (χ2n) is 6.39. The predicted molar refractivity (Wildman–Crippen MR) is 107 cm³/mol. The quantitative estimate of drug-likeness (QED) is 0.798. The second kappa shape index (κ2) is 10.00. The average Bonchev–Trinajstić information content (AvgIpc) is 3.19. The van der Waals surface area contributed by atoms with Crippen molar-refractivity contribution in [1.29, 1.82) is 0 Å². The second-order valence-corrected chi connectivity index (χ2v) is 6.39. The van der Waals surface area contributed by atoms with Crippen LogP contribution in [0.3, 0.4) is 0 Å². The summed E-state index contributed by atoms with van der Waals surface area (Å²) in [5.74, 6) is 1.71. The summed E-state index contributed by atoms with van der Waals surface area (Å²) < 4.78 is 2.18. The Kier molecular flexibility index (Phi) is 8.69. The first-order valence-electron chi connectivity index (χ1n) is 8.64. The fourth-order valence-electron chi connectivity index (χ4n) is 3.43. The van der Waals surface area contributed by atoms with Crippen LogP contribution in [0.5, 0.6) is 0 Å². The minimum absolute atomic E-state index is 0. The number of aromatic nitrogens is 2. The molecule has 2 aromatic rings. The van der Waals surface area contributed by atoms with Gasteiger partial charge in [0.05, 0.1) is 17.1 Å². The van der Waals surface area contributed by atoms with Gasteiger partial charge in [-0.3, -0.25) is 4.79 Å². The number of amides is 1. The molecule has 7 heteroatoms. The molecule has 1 aliphatic rings. The Labute approximate surface area is 161 Å². The lowest BCUT2D eigenvalue weighted by Gasteiger charge is -2.16. The molecule has 0 radical (unpaired) electrons. The van der Waals surface area contributed by atoms with Crippen molar-refractivity contribution in [3.05, 3.63) is 30.1 Å². The zero-order valence-corrected chi connectivity index (χ0v) is 16.5. The van der Waals surface area contributed by atoms with Gasteiger partial charge in [0.25, 0.3) is 0 Å². The molecular formula is C18H28Cl2N4O. The van der Waals surface area contributed by atoms with Gasteiger partial charge in [-0.2, -0.15) is 0 Å². The molecule has 1 aliphatic heterocycles. The third-order valence-electron chi connectivity index (χ3n) is 4.71. The van der Waals surface area contributed by atoms with Crippen molar-refractivity contribution < 1.29 is 4.79 Å². The van der Waals surface area contributed by atoms with Gasteiger partial charge in [-0.15, -0.1) is 24.8 Å². The molecular weight excluding hydrogens is 359 g/mol. The molecule has 3 rings (SSSR count). The first-order valence-corrected chi connectivity index (χ1v) is 8.64. The van der Waals surface area contributed by atoms with E-state index in [9.17, 15) is 4.79 Å². The number of hydrogen-bond acceptors (Lipinski definition) is 3. The first kappa shape index (κ1) is 21.7. The zero-order valence-electron chi connectivity index (χ0n) is 14.8. The largest absolute Gasteiger partial charge is 0.346 e. The van der Waals surface area contributed by atoms with E-state index in [0.29, 0.717) is 12.3 Å². The molecule has 1 amide bonds. The Balaban J connectivity index is 0.00000156. The highest BCUT2D eigenvalue weighted by Gasteiger charge is 2.19. The van der Waals surface area contributed by atoms with Gasteiger partial charge in [0, 0.05) is 13.0 Å². The molecule has 2 unspecified atom stereocenters. The molecule has 140 valence electrons. The van der Waals surface area contributed by atoms with Crippen molar-refractivity contribution >= 4 is 41.8 Å². The van der Waals surface area contributed by atoms with Gasteiger partial charge in [0.2, 0.25) is 5.91 Å². The zero-order chi connectivity index (χ0) is 16.2. The van der Waals surface area contributed by atoms with Gasteiger partial charge in [0.1, 0.15) is 5.82 Å². The van der Waals surface area contributed by atoms with Gasteiger partial charge in [-0.1, -0.05) is 12.1 Å². The van der Waals surface area contributed by atoms with Crippen LogP contribution in [-0.2, 0) is 11.3 Å². The molecule has 2 N–H and O–H groups in total. The molecule has 2 heterocycles. The summed E-state index contributed by atoms with van der Waals surface area (Å²) in [4.78, 5) is 16.9. The van der Waals surface area contributed by atoms with Gasteiger partial charge in [-0.25, -0.2) is 4.98 Å². The lowest BCUT2D eigenvalue weighted by atomic mass is 10.0. The van der Waals surface area contributed by atoms with E-state index in [1.807, 2.05) is 25.1 Å². The monoisotopic (exact) mass is 386 g/mol. The number of halogens is 2. The molecule has 1 fully saturated rings. The molecule has 25 heavy (non-hydrogen) atoms. The fourth-order valence-corrected chi connectivity index (χ4v) is 3.43. The number of nitrogens with zero attached hydrogens (tertiary/aromatic N) is 2. The highest BCUT2D eigenvalue weighted by atomic mass is 35.5. The summed E-state index contributed by atoms with van der Waals surface area (Å²) in [5.41, 5.74) is 2.12. The van der Waals surface area contributed by atoms with Crippen molar-refractivity contribution in [3.63, 3.8) is 0 Å². The Morgan fingerprint density at radius 1 is 1.40 bits per heavy atom. The number of carbonyl (C=O) groups excluding carboxylic acids is 1. The Morgan fingerprint density at radius 3 is 2.84 bits per heavy atom. The topological polar surface area (TPSA) is 59.0 Å². The van der Waals surface area contributed by atoms with Gasteiger partial charge in [-0.05, 0) is 57.8 Å². The highest BCUT2D eigenvalue weighted by molar-refractivity contribution is 5.85. The fraction of sp³-hybridized carbons (Fsp3) is 0.556. The summed E-state index contributed by atoms with van der Waals surface area (Å²) in [5, 5.41) is 6.46. The van der Waals surface area contributed by atoms with E-state index >= 15 is 0 Å². The van der Waals surface area contributed by atoms with Gasteiger partial charge < -0.3 is 15.2 Å². The van der Waals surface area contributed by atoms with Crippen LogP contribution in [0.25, 0.3) is 11.0 Å². The first-order chi connectivity index (χ1) is 11.2. The molecule has 2 atom stereocenters. The smallest absolute Gasteiger partial charge is 0.220 e. The molecule has 1 aromatic heterocycles.